The molecule has 0 aliphatic carbocycles. The average Bonchev–Trinajstić information content (AvgIpc) is 3.36. The summed E-state index contributed by atoms with van der Waals surface area (Å²) >= 11 is 1.40. The normalized spacial score (nSPS) is 16.5. The van der Waals surface area contributed by atoms with Crippen molar-refractivity contribution in [3.63, 3.8) is 0 Å². The molecule has 164 valence electrons. The van der Waals surface area contributed by atoms with Crippen LogP contribution in [0, 0.1) is 25.5 Å². The first kappa shape index (κ1) is 21.4. The summed E-state index contributed by atoms with van der Waals surface area (Å²) in [5.74, 6) is -1.63. The van der Waals surface area contributed by atoms with Crippen LogP contribution < -0.4 is 4.74 Å². The summed E-state index contributed by atoms with van der Waals surface area (Å²) in [6.45, 7) is 5.35. The van der Waals surface area contributed by atoms with Crippen LogP contribution in [0.2, 0.25) is 0 Å². The zero-order valence-electron chi connectivity index (χ0n) is 17.2. The van der Waals surface area contributed by atoms with Crippen molar-refractivity contribution in [2.24, 2.45) is 0 Å². The van der Waals surface area contributed by atoms with E-state index in [1.165, 1.54) is 17.4 Å². The summed E-state index contributed by atoms with van der Waals surface area (Å²) < 4.78 is 37.5. The number of nitrogens with one attached hydrogen (secondary N) is 1. The molecule has 4 rings (SSSR count). The molecule has 1 aromatic carbocycles. The molecule has 0 bridgehead atoms. The molecule has 3 heterocycles. The summed E-state index contributed by atoms with van der Waals surface area (Å²) in [4.78, 5) is 19.7. The number of rotatable bonds is 6. The van der Waals surface area contributed by atoms with Crippen LogP contribution in [0.4, 0.5) is 8.78 Å². The minimum absolute atomic E-state index is 0.0351. The fraction of sp³-hybridized carbons (Fsp3) is 0.381. The topological polar surface area (TPSA) is 80.3 Å². The first-order chi connectivity index (χ1) is 14.9. The Labute approximate surface area is 182 Å². The number of carbonyl (C=O) groups excluding carboxylic acids is 1. The molecule has 3 aromatic rings. The molecule has 0 spiro atoms. The summed E-state index contributed by atoms with van der Waals surface area (Å²) in [6, 6.07) is 5.29. The molecule has 1 amide bonds. The highest BCUT2D eigenvalue weighted by atomic mass is 32.1. The summed E-state index contributed by atoms with van der Waals surface area (Å²) in [6.07, 6.45) is 0.171. The number of aromatic nitrogens is 3. The second kappa shape index (κ2) is 9.11. The Hall–Kier alpha value is -2.85. The van der Waals surface area contributed by atoms with Crippen LogP contribution in [0.15, 0.2) is 24.3 Å². The molecular formula is C21H22F2N4O3S. The summed E-state index contributed by atoms with van der Waals surface area (Å²) in [5.41, 5.74) is 2.27. The van der Waals surface area contributed by atoms with Gasteiger partial charge >= 0.3 is 0 Å². The summed E-state index contributed by atoms with van der Waals surface area (Å²) in [7, 11) is 0. The Morgan fingerprint density at radius 2 is 2.16 bits per heavy atom. The van der Waals surface area contributed by atoms with E-state index in [2.05, 4.69) is 15.2 Å². The maximum Gasteiger partial charge on any atom is 0.266 e. The van der Waals surface area contributed by atoms with Crippen molar-refractivity contribution < 1.29 is 23.0 Å². The monoisotopic (exact) mass is 448 g/mol. The Bertz CT molecular complexity index is 1080. The highest BCUT2D eigenvalue weighted by molar-refractivity contribution is 7.13. The van der Waals surface area contributed by atoms with Gasteiger partial charge in [-0.2, -0.15) is 5.10 Å². The van der Waals surface area contributed by atoms with E-state index in [0.717, 1.165) is 28.5 Å². The number of aryl methyl sites for hydroxylation is 2. The fourth-order valence-corrected chi connectivity index (χ4v) is 4.29. The molecule has 7 nitrogen and oxygen atoms in total. The van der Waals surface area contributed by atoms with Gasteiger partial charge in [0.05, 0.1) is 36.2 Å². The van der Waals surface area contributed by atoms with E-state index in [1.807, 2.05) is 19.9 Å². The molecule has 0 radical (unpaired) electrons. The van der Waals surface area contributed by atoms with Crippen LogP contribution in [-0.2, 0) is 11.2 Å². The van der Waals surface area contributed by atoms with Gasteiger partial charge in [-0.05, 0) is 32.0 Å². The predicted octanol–water partition coefficient (Wildman–Crippen LogP) is 3.60. The highest BCUT2D eigenvalue weighted by Crippen LogP contribution is 2.25. The van der Waals surface area contributed by atoms with Crippen molar-refractivity contribution in [1.82, 2.24) is 20.1 Å². The number of amides is 1. The Morgan fingerprint density at radius 3 is 2.90 bits per heavy atom. The van der Waals surface area contributed by atoms with Crippen LogP contribution in [-0.4, -0.2) is 52.3 Å². The Morgan fingerprint density at radius 1 is 1.32 bits per heavy atom. The number of H-pyrrole nitrogens is 1. The van der Waals surface area contributed by atoms with Crippen molar-refractivity contribution in [3.05, 3.63) is 62.9 Å². The number of nitrogens with zero attached hydrogens (tertiary/aromatic N) is 3. The number of benzene rings is 1. The molecule has 1 aliphatic rings. The number of thiazole rings is 1. The van der Waals surface area contributed by atoms with Gasteiger partial charge < -0.3 is 14.4 Å². The second-order valence-electron chi connectivity index (χ2n) is 7.25. The SMILES string of the molecule is Cc1nc(C)c(C(=O)N2CCOC(c3cc(CCOc4ccc(F)c(F)c4)[nH]n3)C2)s1. The maximum absolute atomic E-state index is 13.2. The summed E-state index contributed by atoms with van der Waals surface area (Å²) in [5, 5.41) is 8.13. The van der Waals surface area contributed by atoms with E-state index in [-0.39, 0.29) is 24.4 Å². The third-order valence-corrected chi connectivity index (χ3v) is 6.02. The smallest absolute Gasteiger partial charge is 0.266 e. The lowest BCUT2D eigenvalue weighted by atomic mass is 10.1. The number of ether oxygens (including phenoxy) is 2. The molecule has 2 aromatic heterocycles. The van der Waals surface area contributed by atoms with E-state index in [0.29, 0.717) is 36.7 Å². The lowest BCUT2D eigenvalue weighted by Crippen LogP contribution is -2.42. The quantitative estimate of drug-likeness (QED) is 0.623. The van der Waals surface area contributed by atoms with E-state index >= 15 is 0 Å². The van der Waals surface area contributed by atoms with Gasteiger partial charge in [-0.25, -0.2) is 13.8 Å². The Kier molecular flexibility index (Phi) is 6.28. The fourth-order valence-electron chi connectivity index (χ4n) is 3.40. The van der Waals surface area contributed by atoms with E-state index in [9.17, 15) is 13.6 Å². The van der Waals surface area contributed by atoms with Crippen molar-refractivity contribution >= 4 is 17.2 Å². The number of halogens is 2. The Balaban J connectivity index is 1.34. The third-order valence-electron chi connectivity index (χ3n) is 4.96. The molecule has 31 heavy (non-hydrogen) atoms. The molecule has 1 saturated heterocycles. The van der Waals surface area contributed by atoms with Crippen LogP contribution in [0.25, 0.3) is 0 Å². The number of hydrogen-bond acceptors (Lipinski definition) is 6. The van der Waals surface area contributed by atoms with Crippen LogP contribution >= 0.6 is 11.3 Å². The van der Waals surface area contributed by atoms with Gasteiger partial charge in [0.15, 0.2) is 11.6 Å². The van der Waals surface area contributed by atoms with Crippen LogP contribution in [0.1, 0.15) is 37.9 Å². The van der Waals surface area contributed by atoms with E-state index in [1.54, 1.807) is 4.90 Å². The molecule has 1 atom stereocenters. The molecule has 10 heteroatoms. The van der Waals surface area contributed by atoms with Gasteiger partial charge in [-0.15, -0.1) is 11.3 Å². The van der Waals surface area contributed by atoms with E-state index < -0.39 is 11.6 Å². The third kappa shape index (κ3) is 4.91. The zero-order valence-corrected chi connectivity index (χ0v) is 18.0. The lowest BCUT2D eigenvalue weighted by Gasteiger charge is -2.32. The molecule has 0 saturated carbocycles. The van der Waals surface area contributed by atoms with Gasteiger partial charge in [-0.3, -0.25) is 9.89 Å². The van der Waals surface area contributed by atoms with Crippen LogP contribution in [0.5, 0.6) is 5.75 Å². The van der Waals surface area contributed by atoms with Gasteiger partial charge in [-0.1, -0.05) is 0 Å². The molecule has 1 unspecified atom stereocenters. The minimum atomic E-state index is -0.946. The number of carbonyl (C=O) groups is 1. The first-order valence-electron chi connectivity index (χ1n) is 9.87. The number of hydrogen-bond donors (Lipinski definition) is 1. The van der Waals surface area contributed by atoms with Gasteiger partial charge in [0.2, 0.25) is 0 Å². The molecule has 1 N–H and O–H groups in total. The molecular weight excluding hydrogens is 426 g/mol. The second-order valence-corrected chi connectivity index (χ2v) is 8.45. The molecule has 1 fully saturated rings. The van der Waals surface area contributed by atoms with Gasteiger partial charge in [0.1, 0.15) is 16.7 Å². The standard InChI is InChI=1S/C21H22F2N4O3S/c1-12-20(31-13(2)24-12)21(28)27-6-8-30-19(11-27)18-9-14(25-26-18)5-7-29-15-3-4-16(22)17(23)10-15/h3-4,9-10,19H,5-8,11H2,1-2H3,(H,25,26). The molecule has 1 aliphatic heterocycles. The average molecular weight is 448 g/mol. The highest BCUT2D eigenvalue weighted by Gasteiger charge is 2.29. The van der Waals surface area contributed by atoms with Gasteiger partial charge in [0, 0.05) is 24.7 Å². The van der Waals surface area contributed by atoms with Crippen molar-refractivity contribution in [1.29, 1.82) is 0 Å². The zero-order chi connectivity index (χ0) is 22.0. The maximum atomic E-state index is 13.2. The largest absolute Gasteiger partial charge is 0.493 e. The van der Waals surface area contributed by atoms with Crippen molar-refractivity contribution in [2.45, 2.75) is 26.4 Å². The predicted molar refractivity (Wildman–Crippen MR) is 110 cm³/mol. The van der Waals surface area contributed by atoms with Gasteiger partial charge in [0.25, 0.3) is 5.91 Å². The minimum Gasteiger partial charge on any atom is -0.493 e. The number of morpholine rings is 1. The number of aromatic amines is 1. The first-order valence-corrected chi connectivity index (χ1v) is 10.7. The van der Waals surface area contributed by atoms with Crippen LogP contribution in [0.3, 0.4) is 0 Å². The lowest BCUT2D eigenvalue weighted by molar-refractivity contribution is -0.0246. The van der Waals surface area contributed by atoms with Crippen molar-refractivity contribution in [3.8, 4) is 5.75 Å². The van der Waals surface area contributed by atoms with Crippen molar-refractivity contribution in [2.75, 3.05) is 26.3 Å². The van der Waals surface area contributed by atoms with E-state index in [4.69, 9.17) is 9.47 Å².